The van der Waals surface area contributed by atoms with Crippen LogP contribution in [0, 0.1) is 6.92 Å². The summed E-state index contributed by atoms with van der Waals surface area (Å²) in [6, 6.07) is 17.0. The number of hydrogen-bond donors (Lipinski definition) is 1. The molecular weight excluding hydrogens is 274 g/mol. The van der Waals surface area contributed by atoms with Gasteiger partial charge in [0.05, 0.1) is 4.99 Å². The van der Waals surface area contributed by atoms with Gasteiger partial charge in [0, 0.05) is 12.1 Å². The van der Waals surface area contributed by atoms with Gasteiger partial charge >= 0.3 is 0 Å². The molecule has 0 aliphatic heterocycles. The molecule has 0 fully saturated rings. The Hall–Kier alpha value is -1.67. The second kappa shape index (κ2) is 6.40. The van der Waals surface area contributed by atoms with Gasteiger partial charge in [-0.15, -0.1) is 0 Å². The lowest BCUT2D eigenvalue weighted by Crippen LogP contribution is -2.13. The summed E-state index contributed by atoms with van der Waals surface area (Å²) in [5, 5.41) is 3.32. The zero-order valence-corrected chi connectivity index (χ0v) is 14.1. The van der Waals surface area contributed by atoms with Crippen molar-refractivity contribution in [2.24, 2.45) is 0 Å². The molecular formula is C19H23NS. The Balaban J connectivity index is 1.98. The molecule has 0 aromatic heterocycles. The lowest BCUT2D eigenvalue weighted by molar-refractivity contribution is 0.590. The zero-order chi connectivity index (χ0) is 15.5. The number of benzene rings is 2. The summed E-state index contributed by atoms with van der Waals surface area (Å²) in [7, 11) is 0. The fraction of sp³-hybridized carbons (Fsp3) is 0.316. The van der Waals surface area contributed by atoms with Crippen molar-refractivity contribution in [1.29, 1.82) is 0 Å². The smallest absolute Gasteiger partial charge is 0.0841 e. The lowest BCUT2D eigenvalue weighted by Gasteiger charge is -2.19. The third-order valence-electron chi connectivity index (χ3n) is 3.52. The van der Waals surface area contributed by atoms with Crippen LogP contribution in [-0.4, -0.2) is 4.99 Å². The number of thiocarbonyl (C=S) groups is 1. The van der Waals surface area contributed by atoms with Crippen molar-refractivity contribution in [3.63, 3.8) is 0 Å². The molecule has 0 aliphatic carbocycles. The van der Waals surface area contributed by atoms with E-state index in [4.69, 9.17) is 12.2 Å². The van der Waals surface area contributed by atoms with Crippen LogP contribution in [0.4, 0.5) is 5.69 Å². The van der Waals surface area contributed by atoms with Crippen LogP contribution in [0.15, 0.2) is 48.5 Å². The maximum absolute atomic E-state index is 5.45. The molecule has 0 bridgehead atoms. The minimum absolute atomic E-state index is 0.181. The quantitative estimate of drug-likeness (QED) is 0.774. The third-order valence-corrected chi connectivity index (χ3v) is 3.77. The highest BCUT2D eigenvalue weighted by Crippen LogP contribution is 2.23. The van der Waals surface area contributed by atoms with Gasteiger partial charge in [-0.2, -0.15) is 0 Å². The summed E-state index contributed by atoms with van der Waals surface area (Å²) in [5.74, 6) is 0. The van der Waals surface area contributed by atoms with E-state index in [2.05, 4.69) is 81.5 Å². The van der Waals surface area contributed by atoms with Gasteiger partial charge in [0.2, 0.25) is 0 Å². The molecule has 2 aromatic rings. The molecule has 0 unspecified atom stereocenters. The van der Waals surface area contributed by atoms with Crippen LogP contribution in [0.2, 0.25) is 0 Å². The van der Waals surface area contributed by atoms with E-state index in [1.165, 1.54) is 16.7 Å². The minimum atomic E-state index is 0.181. The summed E-state index contributed by atoms with van der Waals surface area (Å²) >= 11 is 5.45. The van der Waals surface area contributed by atoms with E-state index in [1.807, 2.05) is 0 Å². The number of hydrogen-bond acceptors (Lipinski definition) is 1. The van der Waals surface area contributed by atoms with Crippen molar-refractivity contribution in [3.8, 4) is 0 Å². The zero-order valence-electron chi connectivity index (χ0n) is 13.2. The molecule has 0 aliphatic rings. The molecule has 1 N–H and O–H groups in total. The van der Waals surface area contributed by atoms with E-state index in [0.29, 0.717) is 0 Å². The summed E-state index contributed by atoms with van der Waals surface area (Å²) in [6.45, 7) is 8.75. The van der Waals surface area contributed by atoms with Gasteiger partial charge < -0.3 is 5.32 Å². The normalized spacial score (nSPS) is 11.2. The number of rotatable bonds is 3. The van der Waals surface area contributed by atoms with Crippen LogP contribution in [-0.2, 0) is 11.8 Å². The molecule has 1 nitrogen and oxygen atoms in total. The predicted octanol–water partition coefficient (Wildman–Crippen LogP) is 5.27. The Morgan fingerprint density at radius 1 is 0.952 bits per heavy atom. The molecule has 0 heterocycles. The van der Waals surface area contributed by atoms with Crippen LogP contribution in [0.1, 0.15) is 37.5 Å². The highest BCUT2D eigenvalue weighted by Gasteiger charge is 2.12. The fourth-order valence-corrected chi connectivity index (χ4v) is 2.43. The molecule has 0 radical (unpaired) electrons. The van der Waals surface area contributed by atoms with E-state index in [1.54, 1.807) is 0 Å². The Labute approximate surface area is 133 Å². The Morgan fingerprint density at radius 3 is 2.05 bits per heavy atom. The molecule has 2 rings (SSSR count). The van der Waals surface area contributed by atoms with Crippen LogP contribution in [0.5, 0.6) is 0 Å². The van der Waals surface area contributed by atoms with Gasteiger partial charge in [-0.05, 0) is 35.6 Å². The molecule has 0 saturated carbocycles. The first-order chi connectivity index (χ1) is 9.84. The monoisotopic (exact) mass is 297 g/mol. The summed E-state index contributed by atoms with van der Waals surface area (Å²) < 4.78 is 0. The largest absolute Gasteiger partial charge is 0.350 e. The van der Waals surface area contributed by atoms with E-state index < -0.39 is 0 Å². The Kier molecular flexibility index (Phi) is 4.79. The maximum Gasteiger partial charge on any atom is 0.0841 e. The predicted molar refractivity (Wildman–Crippen MR) is 96.2 cm³/mol. The molecule has 0 saturated heterocycles. The summed E-state index contributed by atoms with van der Waals surface area (Å²) in [5.41, 5.74) is 5.08. The first-order valence-electron chi connectivity index (χ1n) is 7.30. The molecule has 0 spiro atoms. The summed E-state index contributed by atoms with van der Waals surface area (Å²) in [6.07, 6.45) is 0.774. The SMILES string of the molecule is Cc1ccc(CC(=S)Nc2ccc(C(C)(C)C)cc2)cc1. The van der Waals surface area contributed by atoms with Gasteiger partial charge in [-0.1, -0.05) is 75.0 Å². The van der Waals surface area contributed by atoms with Crippen molar-refractivity contribution >= 4 is 22.9 Å². The Morgan fingerprint density at radius 2 is 1.52 bits per heavy atom. The van der Waals surface area contributed by atoms with Crippen LogP contribution in [0.3, 0.4) is 0 Å². The molecule has 2 aromatic carbocycles. The molecule has 0 amide bonds. The lowest BCUT2D eigenvalue weighted by atomic mass is 9.87. The van der Waals surface area contributed by atoms with Crippen molar-refractivity contribution in [2.45, 2.75) is 39.5 Å². The van der Waals surface area contributed by atoms with E-state index in [9.17, 15) is 0 Å². The standard InChI is InChI=1S/C19H23NS/c1-14-5-7-15(8-6-14)13-18(21)20-17-11-9-16(10-12-17)19(2,3)4/h5-12H,13H2,1-4H3,(H,20,21). The minimum Gasteiger partial charge on any atom is -0.350 e. The van der Waals surface area contributed by atoms with Gasteiger partial charge in [0.25, 0.3) is 0 Å². The van der Waals surface area contributed by atoms with Crippen molar-refractivity contribution in [3.05, 3.63) is 65.2 Å². The maximum atomic E-state index is 5.45. The van der Waals surface area contributed by atoms with Crippen molar-refractivity contribution in [2.75, 3.05) is 5.32 Å². The first kappa shape index (κ1) is 15.7. The highest BCUT2D eigenvalue weighted by atomic mass is 32.1. The second-order valence-electron chi connectivity index (χ2n) is 6.54. The van der Waals surface area contributed by atoms with Crippen LogP contribution < -0.4 is 5.32 Å². The van der Waals surface area contributed by atoms with E-state index >= 15 is 0 Å². The van der Waals surface area contributed by atoms with Gasteiger partial charge in [0.15, 0.2) is 0 Å². The van der Waals surface area contributed by atoms with Crippen LogP contribution in [0.25, 0.3) is 0 Å². The number of aryl methyl sites for hydroxylation is 1. The first-order valence-corrected chi connectivity index (χ1v) is 7.71. The third kappa shape index (κ3) is 4.68. The summed E-state index contributed by atoms with van der Waals surface area (Å²) in [4.78, 5) is 0.849. The average molecular weight is 297 g/mol. The van der Waals surface area contributed by atoms with Gasteiger partial charge in [-0.25, -0.2) is 0 Å². The topological polar surface area (TPSA) is 12.0 Å². The Bertz CT molecular complexity index is 604. The number of anilines is 1. The molecule has 110 valence electrons. The van der Waals surface area contributed by atoms with Crippen LogP contribution >= 0.6 is 12.2 Å². The van der Waals surface area contributed by atoms with Crippen molar-refractivity contribution in [1.82, 2.24) is 0 Å². The van der Waals surface area contributed by atoms with E-state index in [-0.39, 0.29) is 5.41 Å². The highest BCUT2D eigenvalue weighted by molar-refractivity contribution is 7.80. The second-order valence-corrected chi connectivity index (χ2v) is 7.03. The van der Waals surface area contributed by atoms with Gasteiger partial charge in [-0.3, -0.25) is 0 Å². The molecule has 21 heavy (non-hydrogen) atoms. The number of nitrogens with one attached hydrogen (secondary N) is 1. The van der Waals surface area contributed by atoms with Crippen molar-refractivity contribution < 1.29 is 0 Å². The average Bonchev–Trinajstić information content (AvgIpc) is 2.41. The molecule has 0 atom stereocenters. The molecule has 2 heteroatoms. The van der Waals surface area contributed by atoms with E-state index in [0.717, 1.165) is 17.1 Å². The van der Waals surface area contributed by atoms with Gasteiger partial charge in [0.1, 0.15) is 0 Å². The fourth-order valence-electron chi connectivity index (χ4n) is 2.15.